The quantitative estimate of drug-likeness (QED) is 0.853. The van der Waals surface area contributed by atoms with Crippen LogP contribution in [0.3, 0.4) is 0 Å². The fourth-order valence-electron chi connectivity index (χ4n) is 2.82. The van der Waals surface area contributed by atoms with Crippen molar-refractivity contribution in [1.82, 2.24) is 0 Å². The summed E-state index contributed by atoms with van der Waals surface area (Å²) in [6.45, 7) is 9.97. The van der Waals surface area contributed by atoms with E-state index in [1.54, 1.807) is 0 Å². The molecule has 1 saturated heterocycles. The second-order valence-corrected chi connectivity index (χ2v) is 6.37. The van der Waals surface area contributed by atoms with Gasteiger partial charge in [0.1, 0.15) is 25.0 Å². The SMILES string of the molecule is Cc1ccc(C)c(OC[C@@H](O)C[NH+]2CCC(C)CC2)c1. The zero-order chi connectivity index (χ0) is 14.5. The van der Waals surface area contributed by atoms with Gasteiger partial charge < -0.3 is 14.7 Å². The van der Waals surface area contributed by atoms with Crippen molar-refractivity contribution in [1.29, 1.82) is 0 Å². The van der Waals surface area contributed by atoms with Crippen LogP contribution in [0.4, 0.5) is 0 Å². The van der Waals surface area contributed by atoms with E-state index in [2.05, 4.69) is 26.0 Å². The number of nitrogens with one attached hydrogen (secondary N) is 1. The van der Waals surface area contributed by atoms with Gasteiger partial charge in [-0.2, -0.15) is 0 Å². The molecular formula is C17H28NO2+. The minimum Gasteiger partial charge on any atom is -0.490 e. The smallest absolute Gasteiger partial charge is 0.137 e. The molecular weight excluding hydrogens is 250 g/mol. The van der Waals surface area contributed by atoms with Gasteiger partial charge in [0.15, 0.2) is 0 Å². The highest BCUT2D eigenvalue weighted by atomic mass is 16.5. The van der Waals surface area contributed by atoms with Crippen LogP contribution in [0.25, 0.3) is 0 Å². The van der Waals surface area contributed by atoms with Gasteiger partial charge in [0.05, 0.1) is 13.1 Å². The normalized spacial score (nSPS) is 24.4. The van der Waals surface area contributed by atoms with Crippen LogP contribution < -0.4 is 9.64 Å². The third kappa shape index (κ3) is 4.50. The number of aliphatic hydroxyl groups excluding tert-OH is 1. The van der Waals surface area contributed by atoms with Crippen molar-refractivity contribution in [2.24, 2.45) is 5.92 Å². The minimum absolute atomic E-state index is 0.377. The molecule has 112 valence electrons. The Bertz CT molecular complexity index is 425. The third-order valence-corrected chi connectivity index (χ3v) is 4.28. The molecule has 20 heavy (non-hydrogen) atoms. The summed E-state index contributed by atoms with van der Waals surface area (Å²) in [5.74, 6) is 1.74. The van der Waals surface area contributed by atoms with E-state index in [1.165, 1.54) is 36.4 Å². The first-order valence-corrected chi connectivity index (χ1v) is 7.76. The Morgan fingerprint density at radius 2 is 2.00 bits per heavy atom. The molecule has 0 spiro atoms. The molecule has 2 rings (SSSR count). The number of aliphatic hydroxyl groups is 1. The number of ether oxygens (including phenoxy) is 1. The Hall–Kier alpha value is -1.06. The van der Waals surface area contributed by atoms with Crippen LogP contribution in [-0.2, 0) is 0 Å². The van der Waals surface area contributed by atoms with Crippen molar-refractivity contribution in [2.75, 3.05) is 26.2 Å². The lowest BCUT2D eigenvalue weighted by molar-refractivity contribution is -0.909. The zero-order valence-corrected chi connectivity index (χ0v) is 13.0. The van der Waals surface area contributed by atoms with E-state index in [-0.39, 0.29) is 6.10 Å². The molecule has 1 aromatic carbocycles. The maximum Gasteiger partial charge on any atom is 0.137 e. The van der Waals surface area contributed by atoms with Gasteiger partial charge in [-0.3, -0.25) is 0 Å². The van der Waals surface area contributed by atoms with Crippen molar-refractivity contribution < 1.29 is 14.7 Å². The molecule has 0 unspecified atom stereocenters. The molecule has 1 heterocycles. The fourth-order valence-corrected chi connectivity index (χ4v) is 2.82. The van der Waals surface area contributed by atoms with Crippen molar-refractivity contribution in [3.05, 3.63) is 29.3 Å². The average molecular weight is 278 g/mol. The molecule has 1 aliphatic heterocycles. The lowest BCUT2D eigenvalue weighted by Crippen LogP contribution is -3.14. The van der Waals surface area contributed by atoms with Crippen molar-refractivity contribution in [3.8, 4) is 5.75 Å². The summed E-state index contributed by atoms with van der Waals surface area (Å²) in [6, 6.07) is 6.18. The van der Waals surface area contributed by atoms with Gasteiger partial charge in [-0.1, -0.05) is 19.1 Å². The molecule has 0 amide bonds. The van der Waals surface area contributed by atoms with E-state index in [0.717, 1.165) is 23.8 Å². The Morgan fingerprint density at radius 3 is 2.70 bits per heavy atom. The number of benzene rings is 1. The molecule has 0 bridgehead atoms. The van der Waals surface area contributed by atoms with Gasteiger partial charge >= 0.3 is 0 Å². The van der Waals surface area contributed by atoms with Gasteiger partial charge in [-0.15, -0.1) is 0 Å². The standard InChI is InChI=1S/C17H27NO2/c1-13-6-8-18(9-7-13)11-16(19)12-20-17-10-14(2)4-5-15(17)3/h4-5,10,13,16,19H,6-9,11-12H2,1-3H3/p+1/t16-/m0/s1. The van der Waals surface area contributed by atoms with Crippen LogP contribution in [-0.4, -0.2) is 37.5 Å². The third-order valence-electron chi connectivity index (χ3n) is 4.28. The van der Waals surface area contributed by atoms with Crippen LogP contribution in [0.15, 0.2) is 18.2 Å². The van der Waals surface area contributed by atoms with E-state index in [9.17, 15) is 5.11 Å². The Balaban J connectivity index is 1.77. The maximum absolute atomic E-state index is 10.1. The first kappa shape index (κ1) is 15.3. The number of likely N-dealkylation sites (tertiary alicyclic amines) is 1. The first-order valence-electron chi connectivity index (χ1n) is 7.76. The average Bonchev–Trinajstić information content (AvgIpc) is 2.42. The van der Waals surface area contributed by atoms with E-state index in [0.29, 0.717) is 6.61 Å². The van der Waals surface area contributed by atoms with Crippen LogP contribution in [0.1, 0.15) is 30.9 Å². The van der Waals surface area contributed by atoms with Crippen LogP contribution in [0, 0.1) is 19.8 Å². The lowest BCUT2D eigenvalue weighted by Gasteiger charge is -2.28. The summed E-state index contributed by atoms with van der Waals surface area (Å²) < 4.78 is 5.78. The molecule has 1 aromatic rings. The molecule has 1 aliphatic rings. The van der Waals surface area contributed by atoms with E-state index in [4.69, 9.17) is 4.74 Å². The highest BCUT2D eigenvalue weighted by molar-refractivity contribution is 5.35. The summed E-state index contributed by atoms with van der Waals surface area (Å²) in [7, 11) is 0. The summed E-state index contributed by atoms with van der Waals surface area (Å²) >= 11 is 0. The zero-order valence-electron chi connectivity index (χ0n) is 13.0. The number of aryl methyl sites for hydroxylation is 2. The summed E-state index contributed by atoms with van der Waals surface area (Å²) in [5, 5.41) is 10.1. The van der Waals surface area contributed by atoms with Crippen molar-refractivity contribution in [3.63, 3.8) is 0 Å². The first-order chi connectivity index (χ1) is 9.54. The summed E-state index contributed by atoms with van der Waals surface area (Å²) in [6.07, 6.45) is 2.18. The van der Waals surface area contributed by atoms with Gasteiger partial charge in [-0.05, 0) is 49.8 Å². The number of quaternary nitrogens is 1. The number of hydrogen-bond donors (Lipinski definition) is 2. The van der Waals surface area contributed by atoms with Crippen molar-refractivity contribution in [2.45, 2.75) is 39.7 Å². The van der Waals surface area contributed by atoms with Gasteiger partial charge in [0.25, 0.3) is 0 Å². The Labute approximate surface area is 122 Å². The maximum atomic E-state index is 10.1. The second-order valence-electron chi connectivity index (χ2n) is 6.37. The van der Waals surface area contributed by atoms with Gasteiger partial charge in [0.2, 0.25) is 0 Å². The molecule has 1 fully saturated rings. The fraction of sp³-hybridized carbons (Fsp3) is 0.647. The lowest BCUT2D eigenvalue weighted by atomic mass is 9.99. The van der Waals surface area contributed by atoms with Crippen molar-refractivity contribution >= 4 is 0 Å². The topological polar surface area (TPSA) is 33.9 Å². The summed E-state index contributed by atoms with van der Waals surface area (Å²) in [5.41, 5.74) is 2.32. The number of rotatable bonds is 5. The Kier molecular flexibility index (Phi) is 5.44. The van der Waals surface area contributed by atoms with Crippen LogP contribution in [0.2, 0.25) is 0 Å². The molecule has 1 atom stereocenters. The summed E-state index contributed by atoms with van der Waals surface area (Å²) in [4.78, 5) is 1.51. The molecule has 3 heteroatoms. The van der Waals surface area contributed by atoms with Gasteiger partial charge in [-0.25, -0.2) is 0 Å². The van der Waals surface area contributed by atoms with E-state index < -0.39 is 0 Å². The van der Waals surface area contributed by atoms with E-state index >= 15 is 0 Å². The molecule has 2 N–H and O–H groups in total. The Morgan fingerprint density at radius 1 is 1.30 bits per heavy atom. The number of piperidine rings is 1. The molecule has 3 nitrogen and oxygen atoms in total. The minimum atomic E-state index is -0.377. The molecule has 0 saturated carbocycles. The second kappa shape index (κ2) is 7.09. The van der Waals surface area contributed by atoms with Gasteiger partial charge in [0, 0.05) is 0 Å². The molecule has 0 aliphatic carbocycles. The molecule has 0 aromatic heterocycles. The van der Waals surface area contributed by atoms with Crippen LogP contribution >= 0.6 is 0 Å². The highest BCUT2D eigenvalue weighted by Gasteiger charge is 2.21. The van der Waals surface area contributed by atoms with E-state index in [1.807, 2.05) is 13.0 Å². The molecule has 0 radical (unpaired) electrons. The monoisotopic (exact) mass is 278 g/mol. The highest BCUT2D eigenvalue weighted by Crippen LogP contribution is 2.19. The largest absolute Gasteiger partial charge is 0.490 e. The van der Waals surface area contributed by atoms with Crippen LogP contribution in [0.5, 0.6) is 5.75 Å². The predicted octanol–water partition coefficient (Wildman–Crippen LogP) is 1.36. The number of hydrogen-bond acceptors (Lipinski definition) is 2. The predicted molar refractivity (Wildman–Crippen MR) is 81.4 cm³/mol.